The number of fused-ring (bicyclic) bond motifs is 2. The molecule has 0 N–H and O–H groups in total. The highest BCUT2D eigenvalue weighted by atomic mass is 79.9. The first-order valence-corrected chi connectivity index (χ1v) is 8.39. The summed E-state index contributed by atoms with van der Waals surface area (Å²) in [6.45, 7) is 0. The van der Waals surface area contributed by atoms with Gasteiger partial charge in [0.15, 0.2) is 0 Å². The number of anilines is 1. The van der Waals surface area contributed by atoms with E-state index < -0.39 is 0 Å². The standard InChI is InChI=1S/C17H15BrN2O2/c18-13-7-8-14(15-12(13)6-3-9-19-15)20-16(21)10-4-1-2-5-11(10)17(20)22/h3,6-11H,1-2,4-5H2. The minimum atomic E-state index is -0.136. The average Bonchev–Trinajstić information content (AvgIpc) is 2.81. The summed E-state index contributed by atoms with van der Waals surface area (Å²) in [5.41, 5.74) is 1.31. The molecule has 1 aliphatic heterocycles. The van der Waals surface area contributed by atoms with E-state index in [-0.39, 0.29) is 23.7 Å². The molecular weight excluding hydrogens is 344 g/mol. The van der Waals surface area contributed by atoms with Crippen LogP contribution in [0.5, 0.6) is 0 Å². The van der Waals surface area contributed by atoms with Crippen LogP contribution >= 0.6 is 15.9 Å². The number of pyridine rings is 1. The molecule has 112 valence electrons. The van der Waals surface area contributed by atoms with Gasteiger partial charge >= 0.3 is 0 Å². The molecule has 4 rings (SSSR count). The maximum Gasteiger partial charge on any atom is 0.237 e. The zero-order valence-corrected chi connectivity index (χ0v) is 13.5. The van der Waals surface area contributed by atoms with Crippen molar-refractivity contribution in [1.29, 1.82) is 0 Å². The Balaban J connectivity index is 1.87. The monoisotopic (exact) mass is 358 g/mol. The van der Waals surface area contributed by atoms with E-state index in [1.165, 1.54) is 4.90 Å². The van der Waals surface area contributed by atoms with Crippen LogP contribution in [0.2, 0.25) is 0 Å². The summed E-state index contributed by atoms with van der Waals surface area (Å²) in [4.78, 5) is 31.3. The number of benzene rings is 1. The molecule has 22 heavy (non-hydrogen) atoms. The minimum absolute atomic E-state index is 0.0519. The molecule has 0 spiro atoms. The fraction of sp³-hybridized carbons (Fsp3) is 0.353. The molecule has 2 aliphatic rings. The Bertz CT molecular complexity index is 765. The van der Waals surface area contributed by atoms with Crippen LogP contribution in [0.4, 0.5) is 5.69 Å². The molecule has 0 radical (unpaired) electrons. The van der Waals surface area contributed by atoms with Crippen LogP contribution < -0.4 is 4.90 Å². The Labute approximate surface area is 136 Å². The normalized spacial score (nSPS) is 24.9. The smallest absolute Gasteiger partial charge is 0.237 e. The lowest BCUT2D eigenvalue weighted by Gasteiger charge is -2.19. The summed E-state index contributed by atoms with van der Waals surface area (Å²) in [5, 5.41) is 0.912. The summed E-state index contributed by atoms with van der Waals surface area (Å²) in [6.07, 6.45) is 5.42. The molecule has 2 atom stereocenters. The van der Waals surface area contributed by atoms with Crippen LogP contribution in [0.15, 0.2) is 34.9 Å². The van der Waals surface area contributed by atoms with Gasteiger partial charge in [0.1, 0.15) is 0 Å². The molecule has 2 aromatic rings. The number of aromatic nitrogens is 1. The van der Waals surface area contributed by atoms with Gasteiger partial charge in [-0.1, -0.05) is 34.8 Å². The van der Waals surface area contributed by atoms with Crippen LogP contribution in [0, 0.1) is 11.8 Å². The highest BCUT2D eigenvalue weighted by molar-refractivity contribution is 9.10. The second-order valence-electron chi connectivity index (χ2n) is 5.98. The molecule has 1 aliphatic carbocycles. The van der Waals surface area contributed by atoms with E-state index in [1.54, 1.807) is 6.20 Å². The highest BCUT2D eigenvalue weighted by Gasteiger charge is 2.49. The SMILES string of the molecule is O=C1C2CCCCC2C(=O)N1c1ccc(Br)c2cccnc12. The van der Waals surface area contributed by atoms with E-state index in [9.17, 15) is 9.59 Å². The largest absolute Gasteiger partial charge is 0.274 e. The molecule has 1 aromatic carbocycles. The van der Waals surface area contributed by atoms with Crippen molar-refractivity contribution in [3.63, 3.8) is 0 Å². The molecule has 5 heteroatoms. The molecular formula is C17H15BrN2O2. The van der Waals surface area contributed by atoms with Crippen molar-refractivity contribution >= 4 is 44.3 Å². The summed E-state index contributed by atoms with van der Waals surface area (Å²) in [5.74, 6) is -0.375. The van der Waals surface area contributed by atoms with Crippen LogP contribution in [-0.2, 0) is 9.59 Å². The molecule has 2 heterocycles. The topological polar surface area (TPSA) is 50.3 Å². The molecule has 1 saturated carbocycles. The Kier molecular flexibility index (Phi) is 3.26. The van der Waals surface area contributed by atoms with Crippen LogP contribution in [0.3, 0.4) is 0 Å². The van der Waals surface area contributed by atoms with Crippen LogP contribution in [0.25, 0.3) is 10.9 Å². The van der Waals surface area contributed by atoms with Gasteiger partial charge in [0, 0.05) is 16.1 Å². The third-order valence-electron chi connectivity index (χ3n) is 4.78. The van der Waals surface area contributed by atoms with Crippen molar-refractivity contribution in [1.82, 2.24) is 4.98 Å². The fourth-order valence-electron chi connectivity index (χ4n) is 3.70. The lowest BCUT2D eigenvalue weighted by atomic mass is 9.81. The first kappa shape index (κ1) is 13.9. The Morgan fingerprint density at radius 1 is 1.05 bits per heavy atom. The predicted octanol–water partition coefficient (Wildman–Crippen LogP) is 3.68. The van der Waals surface area contributed by atoms with Crippen LogP contribution in [0.1, 0.15) is 25.7 Å². The molecule has 1 saturated heterocycles. The molecule has 2 fully saturated rings. The number of hydrogen-bond acceptors (Lipinski definition) is 3. The number of amides is 2. The first-order valence-electron chi connectivity index (χ1n) is 7.59. The van der Waals surface area contributed by atoms with Gasteiger partial charge in [-0.2, -0.15) is 0 Å². The van der Waals surface area contributed by atoms with Gasteiger partial charge in [0.25, 0.3) is 0 Å². The van der Waals surface area contributed by atoms with Gasteiger partial charge in [-0.3, -0.25) is 14.6 Å². The van der Waals surface area contributed by atoms with E-state index in [0.29, 0.717) is 11.2 Å². The number of hydrogen-bond donors (Lipinski definition) is 0. The lowest BCUT2D eigenvalue weighted by molar-refractivity contribution is -0.122. The van der Waals surface area contributed by atoms with Gasteiger partial charge < -0.3 is 0 Å². The predicted molar refractivity (Wildman–Crippen MR) is 87.4 cm³/mol. The molecule has 2 amide bonds. The van der Waals surface area contributed by atoms with Gasteiger partial charge in [0.2, 0.25) is 11.8 Å². The molecule has 4 nitrogen and oxygen atoms in total. The summed E-state index contributed by atoms with van der Waals surface area (Å²) < 4.78 is 0.913. The number of imide groups is 1. The number of rotatable bonds is 1. The maximum atomic E-state index is 12.7. The van der Waals surface area contributed by atoms with Gasteiger partial charge in [0.05, 0.1) is 23.0 Å². The lowest BCUT2D eigenvalue weighted by Crippen LogP contribution is -2.31. The van der Waals surface area contributed by atoms with Crippen LogP contribution in [-0.4, -0.2) is 16.8 Å². The van der Waals surface area contributed by atoms with Gasteiger partial charge in [-0.05, 0) is 31.0 Å². The summed E-state index contributed by atoms with van der Waals surface area (Å²) >= 11 is 3.50. The van der Waals surface area contributed by atoms with E-state index >= 15 is 0 Å². The highest BCUT2D eigenvalue weighted by Crippen LogP contribution is 2.42. The van der Waals surface area contributed by atoms with Crippen molar-refractivity contribution in [3.8, 4) is 0 Å². The van der Waals surface area contributed by atoms with Gasteiger partial charge in [-0.15, -0.1) is 0 Å². The Hall–Kier alpha value is -1.75. The maximum absolute atomic E-state index is 12.7. The minimum Gasteiger partial charge on any atom is -0.274 e. The average molecular weight is 359 g/mol. The fourth-order valence-corrected chi connectivity index (χ4v) is 4.16. The van der Waals surface area contributed by atoms with Crippen molar-refractivity contribution in [2.24, 2.45) is 11.8 Å². The van der Waals surface area contributed by atoms with Crippen molar-refractivity contribution in [3.05, 3.63) is 34.9 Å². The molecule has 1 aromatic heterocycles. The second kappa shape index (κ2) is 5.16. The quantitative estimate of drug-likeness (QED) is 0.730. The number of carbonyl (C=O) groups is 2. The Morgan fingerprint density at radius 3 is 2.41 bits per heavy atom. The van der Waals surface area contributed by atoms with E-state index in [2.05, 4.69) is 20.9 Å². The third-order valence-corrected chi connectivity index (χ3v) is 5.47. The first-order chi connectivity index (χ1) is 10.7. The molecule has 2 unspecified atom stereocenters. The second-order valence-corrected chi connectivity index (χ2v) is 6.83. The van der Waals surface area contributed by atoms with E-state index in [4.69, 9.17) is 0 Å². The molecule has 0 bridgehead atoms. The van der Waals surface area contributed by atoms with Crippen molar-refractivity contribution in [2.45, 2.75) is 25.7 Å². The number of halogens is 1. The Morgan fingerprint density at radius 2 is 1.73 bits per heavy atom. The van der Waals surface area contributed by atoms with Gasteiger partial charge in [-0.25, -0.2) is 4.90 Å². The zero-order chi connectivity index (χ0) is 15.3. The zero-order valence-electron chi connectivity index (χ0n) is 12.0. The summed E-state index contributed by atoms with van der Waals surface area (Å²) in [6, 6.07) is 7.48. The summed E-state index contributed by atoms with van der Waals surface area (Å²) in [7, 11) is 0. The van der Waals surface area contributed by atoms with Crippen molar-refractivity contribution in [2.75, 3.05) is 4.90 Å². The number of nitrogens with zero attached hydrogens (tertiary/aromatic N) is 2. The number of carbonyl (C=O) groups excluding carboxylic acids is 2. The third kappa shape index (κ3) is 1.92. The van der Waals surface area contributed by atoms with E-state index in [0.717, 1.165) is 35.5 Å². The van der Waals surface area contributed by atoms with Crippen molar-refractivity contribution < 1.29 is 9.59 Å². The van der Waals surface area contributed by atoms with E-state index in [1.807, 2.05) is 24.3 Å².